The Morgan fingerprint density at radius 2 is 2.04 bits per heavy atom. The number of nitrogens with one attached hydrogen (secondary N) is 1. The fraction of sp³-hybridized carbons (Fsp3) is 0.176. The third kappa shape index (κ3) is 4.89. The van der Waals surface area contributed by atoms with E-state index in [9.17, 15) is 4.79 Å². The number of urea groups is 1. The third-order valence-electron chi connectivity index (χ3n) is 3.21. The van der Waals surface area contributed by atoms with Crippen LogP contribution in [0.2, 0.25) is 5.02 Å². The summed E-state index contributed by atoms with van der Waals surface area (Å²) in [5.74, 6) is 1.44. The van der Waals surface area contributed by atoms with Crippen molar-refractivity contribution in [3.63, 3.8) is 0 Å². The number of amides is 2. The summed E-state index contributed by atoms with van der Waals surface area (Å²) in [6.07, 6.45) is 1.49. The van der Waals surface area contributed by atoms with Gasteiger partial charge in [-0.05, 0) is 54.4 Å². The minimum Gasteiger partial charge on any atom is -0.496 e. The number of hydrogen-bond donors (Lipinski definition) is 2. The number of carbonyl (C=O) groups is 1. The van der Waals surface area contributed by atoms with E-state index < -0.39 is 6.03 Å². The van der Waals surface area contributed by atoms with E-state index >= 15 is 0 Å². The highest BCUT2D eigenvalue weighted by molar-refractivity contribution is 6.30. The quantitative estimate of drug-likeness (QED) is 0.621. The van der Waals surface area contributed by atoms with Gasteiger partial charge in [-0.1, -0.05) is 11.6 Å². The highest BCUT2D eigenvalue weighted by atomic mass is 35.5. The van der Waals surface area contributed by atoms with Gasteiger partial charge in [0.05, 0.1) is 13.3 Å². The molecule has 0 saturated carbocycles. The van der Waals surface area contributed by atoms with E-state index in [1.807, 2.05) is 31.2 Å². The van der Waals surface area contributed by atoms with Crippen LogP contribution in [-0.4, -0.2) is 19.4 Å². The SMILES string of the molecule is COc1ccc(C=NNC(N)=O)cc1COc1ccc(Cl)cc1C. The summed E-state index contributed by atoms with van der Waals surface area (Å²) in [5.41, 5.74) is 9.67. The number of hydrogen-bond acceptors (Lipinski definition) is 4. The summed E-state index contributed by atoms with van der Waals surface area (Å²) >= 11 is 5.94. The van der Waals surface area contributed by atoms with E-state index in [4.69, 9.17) is 26.8 Å². The van der Waals surface area contributed by atoms with Crippen LogP contribution in [0, 0.1) is 6.92 Å². The maximum Gasteiger partial charge on any atom is 0.332 e. The second-order valence-electron chi connectivity index (χ2n) is 5.00. The molecule has 2 rings (SSSR count). The number of aryl methyl sites for hydroxylation is 1. The van der Waals surface area contributed by atoms with Crippen LogP contribution in [0.15, 0.2) is 41.5 Å². The minimum absolute atomic E-state index is 0.316. The van der Waals surface area contributed by atoms with Gasteiger partial charge >= 0.3 is 6.03 Å². The normalized spacial score (nSPS) is 10.6. The van der Waals surface area contributed by atoms with Gasteiger partial charge in [0.25, 0.3) is 0 Å². The van der Waals surface area contributed by atoms with Crippen LogP contribution in [0.3, 0.4) is 0 Å². The van der Waals surface area contributed by atoms with Gasteiger partial charge in [-0.3, -0.25) is 0 Å². The average molecular weight is 348 g/mol. The molecular formula is C17H18ClN3O3. The molecule has 0 bridgehead atoms. The highest BCUT2D eigenvalue weighted by Crippen LogP contribution is 2.25. The Bertz CT molecular complexity index is 763. The van der Waals surface area contributed by atoms with Crippen molar-refractivity contribution >= 4 is 23.8 Å². The van der Waals surface area contributed by atoms with Crippen LogP contribution in [0.5, 0.6) is 11.5 Å². The molecule has 0 aliphatic rings. The second-order valence-corrected chi connectivity index (χ2v) is 5.44. The van der Waals surface area contributed by atoms with Crippen molar-refractivity contribution in [3.05, 3.63) is 58.1 Å². The molecule has 0 aromatic heterocycles. The lowest BCUT2D eigenvalue weighted by Gasteiger charge is -2.12. The molecule has 24 heavy (non-hydrogen) atoms. The lowest BCUT2D eigenvalue weighted by Crippen LogP contribution is -2.24. The van der Waals surface area contributed by atoms with E-state index in [0.717, 1.165) is 22.4 Å². The van der Waals surface area contributed by atoms with Crippen molar-refractivity contribution < 1.29 is 14.3 Å². The molecule has 0 atom stereocenters. The van der Waals surface area contributed by atoms with Gasteiger partial charge < -0.3 is 15.2 Å². The first-order chi connectivity index (χ1) is 11.5. The van der Waals surface area contributed by atoms with Gasteiger partial charge in [-0.15, -0.1) is 0 Å². The Hall–Kier alpha value is -2.73. The molecule has 126 valence electrons. The molecule has 2 aromatic carbocycles. The lowest BCUT2D eigenvalue weighted by atomic mass is 10.1. The maximum absolute atomic E-state index is 10.6. The summed E-state index contributed by atoms with van der Waals surface area (Å²) in [4.78, 5) is 10.6. The molecule has 0 spiro atoms. The summed E-state index contributed by atoms with van der Waals surface area (Å²) in [7, 11) is 1.59. The lowest BCUT2D eigenvalue weighted by molar-refractivity contribution is 0.249. The first-order valence-corrected chi connectivity index (χ1v) is 7.52. The molecule has 2 aromatic rings. The van der Waals surface area contributed by atoms with Crippen LogP contribution in [0.4, 0.5) is 4.79 Å². The topological polar surface area (TPSA) is 85.9 Å². The molecule has 0 radical (unpaired) electrons. The van der Waals surface area contributed by atoms with Crippen molar-refractivity contribution in [2.75, 3.05) is 7.11 Å². The van der Waals surface area contributed by atoms with Crippen LogP contribution in [-0.2, 0) is 6.61 Å². The van der Waals surface area contributed by atoms with Gasteiger partial charge in [0.2, 0.25) is 0 Å². The molecule has 3 N–H and O–H groups in total. The fourth-order valence-electron chi connectivity index (χ4n) is 2.09. The molecule has 0 saturated heterocycles. The third-order valence-corrected chi connectivity index (χ3v) is 3.45. The molecule has 6 nitrogen and oxygen atoms in total. The van der Waals surface area contributed by atoms with Crippen LogP contribution < -0.4 is 20.6 Å². The minimum atomic E-state index is -0.721. The Balaban J connectivity index is 2.15. The van der Waals surface area contributed by atoms with Gasteiger partial charge in [0, 0.05) is 10.6 Å². The molecule has 0 aliphatic heterocycles. The largest absolute Gasteiger partial charge is 0.496 e. The summed E-state index contributed by atoms with van der Waals surface area (Å²) < 4.78 is 11.2. The Kier molecular flexibility index (Phi) is 6.03. The predicted molar refractivity (Wildman–Crippen MR) is 93.8 cm³/mol. The van der Waals surface area contributed by atoms with Crippen molar-refractivity contribution in [2.45, 2.75) is 13.5 Å². The fourth-order valence-corrected chi connectivity index (χ4v) is 2.32. The monoisotopic (exact) mass is 347 g/mol. The van der Waals surface area contributed by atoms with Gasteiger partial charge in [0.1, 0.15) is 18.1 Å². The number of nitrogens with zero attached hydrogens (tertiary/aromatic N) is 1. The molecule has 0 aliphatic carbocycles. The van der Waals surface area contributed by atoms with Crippen molar-refractivity contribution in [1.29, 1.82) is 0 Å². The highest BCUT2D eigenvalue weighted by Gasteiger charge is 2.07. The van der Waals surface area contributed by atoms with E-state index in [1.165, 1.54) is 6.21 Å². The zero-order chi connectivity index (χ0) is 17.5. The molecule has 0 fully saturated rings. The smallest absolute Gasteiger partial charge is 0.332 e. The van der Waals surface area contributed by atoms with Gasteiger partial charge in [0.15, 0.2) is 0 Å². The number of carbonyl (C=O) groups excluding carboxylic acids is 1. The van der Waals surface area contributed by atoms with Crippen LogP contribution in [0.25, 0.3) is 0 Å². The summed E-state index contributed by atoms with van der Waals surface area (Å²) in [5, 5.41) is 4.40. The van der Waals surface area contributed by atoms with Crippen LogP contribution in [0.1, 0.15) is 16.7 Å². The number of rotatable bonds is 6. The molecular weight excluding hydrogens is 330 g/mol. The van der Waals surface area contributed by atoms with E-state index in [1.54, 1.807) is 19.2 Å². The first kappa shape index (κ1) is 17.6. The van der Waals surface area contributed by atoms with Crippen molar-refractivity contribution in [1.82, 2.24) is 5.43 Å². The number of primary amides is 1. The molecule has 0 unspecified atom stereocenters. The van der Waals surface area contributed by atoms with E-state index in [0.29, 0.717) is 17.4 Å². The number of benzene rings is 2. The van der Waals surface area contributed by atoms with E-state index in [-0.39, 0.29) is 0 Å². The van der Waals surface area contributed by atoms with Gasteiger partial charge in [-0.2, -0.15) is 5.10 Å². The zero-order valence-electron chi connectivity index (χ0n) is 13.4. The first-order valence-electron chi connectivity index (χ1n) is 7.14. The predicted octanol–water partition coefficient (Wildman–Crippen LogP) is 3.24. The van der Waals surface area contributed by atoms with Crippen LogP contribution >= 0.6 is 11.6 Å². The number of halogens is 1. The molecule has 2 amide bonds. The standard InChI is InChI=1S/C17H18ClN3O3/c1-11-7-14(18)4-6-15(11)24-10-13-8-12(3-5-16(13)23-2)9-20-21-17(19)22/h3-9H,10H2,1-2H3,(H3,19,21,22). The Morgan fingerprint density at radius 1 is 1.29 bits per heavy atom. The average Bonchev–Trinajstić information content (AvgIpc) is 2.54. The van der Waals surface area contributed by atoms with Crippen molar-refractivity contribution in [2.24, 2.45) is 10.8 Å². The second kappa shape index (κ2) is 8.21. The van der Waals surface area contributed by atoms with Crippen molar-refractivity contribution in [3.8, 4) is 11.5 Å². The number of methoxy groups -OCH3 is 1. The molecule has 7 heteroatoms. The number of nitrogens with two attached hydrogens (primary N) is 1. The van der Waals surface area contributed by atoms with E-state index in [2.05, 4.69) is 10.5 Å². The van der Waals surface area contributed by atoms with Gasteiger partial charge in [-0.25, -0.2) is 10.2 Å². The Labute approximate surface area is 145 Å². The number of hydrazone groups is 1. The number of ether oxygens (including phenoxy) is 2. The molecule has 0 heterocycles. The summed E-state index contributed by atoms with van der Waals surface area (Å²) in [6, 6.07) is 10.2. The maximum atomic E-state index is 10.6. The Morgan fingerprint density at radius 3 is 2.71 bits per heavy atom. The summed E-state index contributed by atoms with van der Waals surface area (Å²) in [6.45, 7) is 2.24. The zero-order valence-corrected chi connectivity index (χ0v) is 14.1.